The number of fused-ring (bicyclic) bond motifs is 1. The molecule has 0 spiro atoms. The SMILES string of the molecule is Cc1cc(NCC2CC3CCCCC3N2)nn1C. The van der Waals surface area contributed by atoms with Gasteiger partial charge >= 0.3 is 0 Å². The average Bonchev–Trinajstić information content (AvgIpc) is 2.91. The number of rotatable bonds is 3. The van der Waals surface area contributed by atoms with Crippen LogP contribution in [0.3, 0.4) is 0 Å². The lowest BCUT2D eigenvalue weighted by Gasteiger charge is -2.24. The van der Waals surface area contributed by atoms with Gasteiger partial charge in [-0.25, -0.2) is 0 Å². The number of anilines is 1. The summed E-state index contributed by atoms with van der Waals surface area (Å²) in [6.45, 7) is 3.09. The topological polar surface area (TPSA) is 41.9 Å². The highest BCUT2D eigenvalue weighted by atomic mass is 15.3. The zero-order valence-electron chi connectivity index (χ0n) is 11.4. The lowest BCUT2D eigenvalue weighted by molar-refractivity contribution is 0.325. The molecule has 4 nitrogen and oxygen atoms in total. The van der Waals surface area contributed by atoms with Gasteiger partial charge in [0, 0.05) is 37.4 Å². The van der Waals surface area contributed by atoms with E-state index in [9.17, 15) is 0 Å². The Kier molecular flexibility index (Phi) is 3.29. The summed E-state index contributed by atoms with van der Waals surface area (Å²) in [7, 11) is 1.99. The van der Waals surface area contributed by atoms with E-state index >= 15 is 0 Å². The fourth-order valence-corrected chi connectivity index (χ4v) is 3.46. The maximum Gasteiger partial charge on any atom is 0.148 e. The van der Waals surface area contributed by atoms with Gasteiger partial charge in [-0.05, 0) is 32.1 Å². The van der Waals surface area contributed by atoms with Crippen molar-refractivity contribution in [2.24, 2.45) is 13.0 Å². The fraction of sp³-hybridized carbons (Fsp3) is 0.786. The molecule has 3 atom stereocenters. The zero-order chi connectivity index (χ0) is 12.5. The summed E-state index contributed by atoms with van der Waals surface area (Å²) in [6, 6.07) is 3.53. The lowest BCUT2D eigenvalue weighted by Crippen LogP contribution is -2.36. The second-order valence-electron chi connectivity index (χ2n) is 5.93. The molecule has 100 valence electrons. The van der Waals surface area contributed by atoms with E-state index in [1.54, 1.807) is 0 Å². The van der Waals surface area contributed by atoms with Crippen LogP contribution in [0.1, 0.15) is 37.8 Å². The summed E-state index contributed by atoms with van der Waals surface area (Å²) in [6.07, 6.45) is 6.99. The van der Waals surface area contributed by atoms with E-state index < -0.39 is 0 Å². The Balaban J connectivity index is 1.52. The molecule has 2 N–H and O–H groups in total. The minimum absolute atomic E-state index is 0.625. The number of aryl methyl sites for hydroxylation is 2. The Morgan fingerprint density at radius 1 is 1.44 bits per heavy atom. The molecule has 2 heterocycles. The summed E-state index contributed by atoms with van der Waals surface area (Å²) < 4.78 is 1.92. The first-order valence-corrected chi connectivity index (χ1v) is 7.23. The van der Waals surface area contributed by atoms with Crippen LogP contribution in [0.2, 0.25) is 0 Å². The minimum Gasteiger partial charge on any atom is -0.367 e. The quantitative estimate of drug-likeness (QED) is 0.860. The fourth-order valence-electron chi connectivity index (χ4n) is 3.46. The third-order valence-corrected chi connectivity index (χ3v) is 4.59. The third kappa shape index (κ3) is 2.39. The molecule has 4 heteroatoms. The molecule has 0 bridgehead atoms. The molecule has 0 amide bonds. The molecule has 18 heavy (non-hydrogen) atoms. The highest BCUT2D eigenvalue weighted by Crippen LogP contribution is 2.33. The van der Waals surface area contributed by atoms with Crippen LogP contribution >= 0.6 is 0 Å². The molecule has 0 radical (unpaired) electrons. The molecule has 1 saturated heterocycles. The number of hydrogen-bond acceptors (Lipinski definition) is 3. The van der Waals surface area contributed by atoms with E-state index in [0.717, 1.165) is 24.3 Å². The molecule has 1 saturated carbocycles. The molecular formula is C14H24N4. The smallest absolute Gasteiger partial charge is 0.148 e. The van der Waals surface area contributed by atoms with Crippen molar-refractivity contribution >= 4 is 5.82 Å². The first-order chi connectivity index (χ1) is 8.72. The van der Waals surface area contributed by atoms with Crippen molar-refractivity contribution < 1.29 is 0 Å². The van der Waals surface area contributed by atoms with Crippen LogP contribution in [-0.2, 0) is 7.05 Å². The van der Waals surface area contributed by atoms with E-state index in [-0.39, 0.29) is 0 Å². The lowest BCUT2D eigenvalue weighted by atomic mass is 9.85. The zero-order valence-corrected chi connectivity index (χ0v) is 11.4. The van der Waals surface area contributed by atoms with Crippen molar-refractivity contribution in [3.63, 3.8) is 0 Å². The van der Waals surface area contributed by atoms with Gasteiger partial charge in [-0.1, -0.05) is 12.8 Å². The van der Waals surface area contributed by atoms with Crippen LogP contribution in [0.5, 0.6) is 0 Å². The molecule has 1 aliphatic carbocycles. The summed E-state index contributed by atoms with van der Waals surface area (Å²) in [5.74, 6) is 1.93. The number of aromatic nitrogens is 2. The first-order valence-electron chi connectivity index (χ1n) is 7.23. The van der Waals surface area contributed by atoms with E-state index in [2.05, 4.69) is 28.7 Å². The van der Waals surface area contributed by atoms with Crippen molar-refractivity contribution in [1.82, 2.24) is 15.1 Å². The van der Waals surface area contributed by atoms with Crippen molar-refractivity contribution in [1.29, 1.82) is 0 Å². The van der Waals surface area contributed by atoms with Crippen LogP contribution in [0.25, 0.3) is 0 Å². The second-order valence-corrected chi connectivity index (χ2v) is 5.93. The molecule has 2 aliphatic rings. The monoisotopic (exact) mass is 248 g/mol. The average molecular weight is 248 g/mol. The Bertz CT molecular complexity index is 378. The Morgan fingerprint density at radius 2 is 2.28 bits per heavy atom. The summed E-state index contributed by atoms with van der Waals surface area (Å²) in [5.41, 5.74) is 1.20. The summed E-state index contributed by atoms with van der Waals surface area (Å²) >= 11 is 0. The van der Waals surface area contributed by atoms with Gasteiger partial charge in [-0.2, -0.15) is 5.10 Å². The van der Waals surface area contributed by atoms with Gasteiger partial charge in [0.25, 0.3) is 0 Å². The predicted molar refractivity (Wildman–Crippen MR) is 73.7 cm³/mol. The van der Waals surface area contributed by atoms with Crippen molar-refractivity contribution in [2.75, 3.05) is 11.9 Å². The summed E-state index contributed by atoms with van der Waals surface area (Å²) in [5, 5.41) is 11.7. The maximum absolute atomic E-state index is 4.44. The van der Waals surface area contributed by atoms with E-state index in [0.29, 0.717) is 6.04 Å². The molecule has 1 aromatic rings. The molecule has 1 aromatic heterocycles. The van der Waals surface area contributed by atoms with Gasteiger partial charge in [0.1, 0.15) is 5.82 Å². The minimum atomic E-state index is 0.625. The number of nitrogens with zero attached hydrogens (tertiary/aromatic N) is 2. The Hall–Kier alpha value is -1.03. The van der Waals surface area contributed by atoms with Crippen LogP contribution in [0, 0.1) is 12.8 Å². The van der Waals surface area contributed by atoms with Gasteiger partial charge in [0.05, 0.1) is 0 Å². The van der Waals surface area contributed by atoms with Crippen LogP contribution in [-0.4, -0.2) is 28.4 Å². The molecule has 0 aromatic carbocycles. The van der Waals surface area contributed by atoms with E-state index in [1.165, 1.54) is 37.8 Å². The van der Waals surface area contributed by atoms with Gasteiger partial charge in [0.2, 0.25) is 0 Å². The van der Waals surface area contributed by atoms with E-state index in [1.807, 2.05) is 11.7 Å². The van der Waals surface area contributed by atoms with Crippen molar-refractivity contribution in [2.45, 2.75) is 51.1 Å². The van der Waals surface area contributed by atoms with E-state index in [4.69, 9.17) is 0 Å². The molecule has 3 rings (SSSR count). The molecule has 1 aliphatic heterocycles. The maximum atomic E-state index is 4.44. The van der Waals surface area contributed by atoms with Gasteiger partial charge in [-0.15, -0.1) is 0 Å². The van der Waals surface area contributed by atoms with Gasteiger partial charge < -0.3 is 10.6 Å². The van der Waals surface area contributed by atoms with Crippen LogP contribution in [0.4, 0.5) is 5.82 Å². The van der Waals surface area contributed by atoms with Crippen LogP contribution in [0.15, 0.2) is 6.07 Å². The molecule has 3 unspecified atom stereocenters. The van der Waals surface area contributed by atoms with Gasteiger partial charge in [-0.3, -0.25) is 4.68 Å². The summed E-state index contributed by atoms with van der Waals surface area (Å²) in [4.78, 5) is 0. The van der Waals surface area contributed by atoms with Gasteiger partial charge in [0.15, 0.2) is 0 Å². The van der Waals surface area contributed by atoms with Crippen molar-refractivity contribution in [3.05, 3.63) is 11.8 Å². The molecule has 2 fully saturated rings. The van der Waals surface area contributed by atoms with Crippen LogP contribution < -0.4 is 10.6 Å². The number of hydrogen-bond donors (Lipinski definition) is 2. The first kappa shape index (κ1) is 12.0. The highest BCUT2D eigenvalue weighted by Gasteiger charge is 2.34. The van der Waals surface area contributed by atoms with Crippen molar-refractivity contribution in [3.8, 4) is 0 Å². The third-order valence-electron chi connectivity index (χ3n) is 4.59. The second kappa shape index (κ2) is 4.92. The molecular weight excluding hydrogens is 224 g/mol. The normalized spacial score (nSPS) is 31.3. The largest absolute Gasteiger partial charge is 0.367 e. The Morgan fingerprint density at radius 3 is 3.00 bits per heavy atom. The Labute approximate surface area is 109 Å². The standard InChI is InChI=1S/C14H24N4/c1-10-7-14(17-18(10)2)15-9-12-8-11-5-3-4-6-13(11)16-12/h7,11-13,16H,3-6,8-9H2,1-2H3,(H,15,17). The highest BCUT2D eigenvalue weighted by molar-refractivity contribution is 5.35. The number of nitrogens with one attached hydrogen (secondary N) is 2. The predicted octanol–water partition coefficient (Wildman–Crippen LogP) is 2.06.